The Hall–Kier alpha value is -4.07. The second-order valence-electron chi connectivity index (χ2n) is 7.74. The van der Waals surface area contributed by atoms with Crippen molar-refractivity contribution in [3.05, 3.63) is 40.3 Å². The molecule has 13 nitrogen and oxygen atoms in total. The molecule has 3 rings (SSSR count). The predicted octanol–water partition coefficient (Wildman–Crippen LogP) is 0.396. The number of carbonyl (C=O) groups excluding carboxylic acids is 2. The molecule has 0 saturated heterocycles. The number of aromatic amines is 1. The van der Waals surface area contributed by atoms with Crippen LogP contribution in [0.4, 0.5) is 11.4 Å². The summed E-state index contributed by atoms with van der Waals surface area (Å²) in [7, 11) is -4.23. The van der Waals surface area contributed by atoms with Crippen LogP contribution in [0.15, 0.2) is 34.0 Å². The molecule has 0 aliphatic carbocycles. The molecule has 2 aromatic rings. The first-order valence-electron chi connectivity index (χ1n) is 10.5. The number of pyridine rings is 1. The summed E-state index contributed by atoms with van der Waals surface area (Å²) >= 11 is 0. The Morgan fingerprint density at radius 3 is 2.69 bits per heavy atom. The van der Waals surface area contributed by atoms with Gasteiger partial charge in [0.05, 0.1) is 16.6 Å². The predicted molar refractivity (Wildman–Crippen MR) is 127 cm³/mol. The number of nitrogens with one attached hydrogen (secondary N) is 4. The van der Waals surface area contributed by atoms with Gasteiger partial charge in [0.15, 0.2) is 17.5 Å². The van der Waals surface area contributed by atoms with Gasteiger partial charge in [-0.2, -0.15) is 0 Å². The van der Waals surface area contributed by atoms with Crippen molar-refractivity contribution in [2.24, 2.45) is 5.73 Å². The number of nitrogens with two attached hydrogens (primary N) is 1. The van der Waals surface area contributed by atoms with E-state index in [1.54, 1.807) is 6.92 Å². The molecule has 0 unspecified atom stereocenters. The van der Waals surface area contributed by atoms with Gasteiger partial charge in [0.25, 0.3) is 15.6 Å². The Balaban J connectivity index is 1.99. The van der Waals surface area contributed by atoms with Crippen molar-refractivity contribution in [3.8, 4) is 11.5 Å². The lowest BCUT2D eigenvalue weighted by Gasteiger charge is -2.28. The van der Waals surface area contributed by atoms with Crippen LogP contribution in [0.2, 0.25) is 0 Å². The molecule has 1 aliphatic rings. The lowest BCUT2D eigenvalue weighted by atomic mass is 10.1. The van der Waals surface area contributed by atoms with Crippen LogP contribution in [0.25, 0.3) is 0 Å². The number of sulfonamides is 1. The zero-order valence-corrected chi connectivity index (χ0v) is 19.9. The summed E-state index contributed by atoms with van der Waals surface area (Å²) in [5, 5.41) is 9.78. The Bertz CT molecular complexity index is 1310. The third-order valence-electron chi connectivity index (χ3n) is 5.10. The number of rotatable bonds is 10. The molecule has 1 atom stereocenters. The standard InChI is InChI=1S/C21H26N6O7S/c1-12-8-16(26-35(31,32)15-5-6-17-18(9-15)34-11-33-17)19(20(30)25-12)27(13(2)29)14(10-28)4-3-7-24-21(22)23/h5-6,8-10,14H,3-4,7,11H2,1-2H3,(H4,22,23,24)(H2,25,26,30)/t14-/m0/s1. The SMILES string of the molecule is CC(=O)N(c1c(NS(=O)(=O)c2ccc3c(c2)OCO3)cc(C)[nH]c1=O)[C@H](C=O)CCCNC(=N)N. The molecule has 0 bridgehead atoms. The quantitative estimate of drug-likeness (QED) is 0.131. The molecule has 188 valence electrons. The number of hydrogen-bond donors (Lipinski definition) is 5. The van der Waals surface area contributed by atoms with E-state index >= 15 is 0 Å². The van der Waals surface area contributed by atoms with Gasteiger partial charge in [-0.3, -0.25) is 24.6 Å². The second-order valence-corrected chi connectivity index (χ2v) is 9.42. The van der Waals surface area contributed by atoms with E-state index in [-0.39, 0.29) is 47.7 Å². The minimum Gasteiger partial charge on any atom is -0.454 e. The van der Waals surface area contributed by atoms with Crippen LogP contribution in [0.5, 0.6) is 11.5 Å². The molecular weight excluding hydrogens is 480 g/mol. The van der Waals surface area contributed by atoms with E-state index in [2.05, 4.69) is 15.0 Å². The highest BCUT2D eigenvalue weighted by Crippen LogP contribution is 2.35. The van der Waals surface area contributed by atoms with Crippen LogP contribution >= 0.6 is 0 Å². The average Bonchev–Trinajstić information content (AvgIpc) is 3.24. The van der Waals surface area contributed by atoms with E-state index in [0.29, 0.717) is 24.2 Å². The topological polar surface area (TPSA) is 197 Å². The number of H-pyrrole nitrogens is 1. The van der Waals surface area contributed by atoms with E-state index in [4.69, 9.17) is 20.6 Å². The smallest absolute Gasteiger partial charge is 0.274 e. The largest absolute Gasteiger partial charge is 0.454 e. The van der Waals surface area contributed by atoms with E-state index < -0.39 is 27.5 Å². The minimum atomic E-state index is -4.23. The zero-order chi connectivity index (χ0) is 25.8. The number of hydrogen-bond acceptors (Lipinski definition) is 8. The first-order valence-corrected chi connectivity index (χ1v) is 12.0. The van der Waals surface area contributed by atoms with Gasteiger partial charge in [-0.25, -0.2) is 8.42 Å². The first kappa shape index (κ1) is 25.6. The van der Waals surface area contributed by atoms with E-state index in [9.17, 15) is 22.8 Å². The van der Waals surface area contributed by atoms with E-state index in [1.165, 1.54) is 31.2 Å². The molecule has 1 amide bonds. The van der Waals surface area contributed by atoms with Crippen molar-refractivity contribution < 1.29 is 27.5 Å². The fourth-order valence-electron chi connectivity index (χ4n) is 3.60. The summed E-state index contributed by atoms with van der Waals surface area (Å²) in [6.07, 6.45) is 0.977. The van der Waals surface area contributed by atoms with Crippen LogP contribution in [-0.4, -0.2) is 50.9 Å². The maximum absolute atomic E-state index is 13.1. The molecule has 14 heteroatoms. The fraction of sp³-hybridized carbons (Fsp3) is 0.333. The number of fused-ring (bicyclic) bond motifs is 1. The molecular formula is C21H26N6O7S. The summed E-state index contributed by atoms with van der Waals surface area (Å²) in [5.74, 6) is -0.237. The van der Waals surface area contributed by atoms with Gasteiger partial charge in [0, 0.05) is 25.2 Å². The lowest BCUT2D eigenvalue weighted by Crippen LogP contribution is -2.44. The number of aromatic nitrogens is 1. The van der Waals surface area contributed by atoms with Gasteiger partial charge in [-0.05, 0) is 38.0 Å². The van der Waals surface area contributed by atoms with Crippen molar-refractivity contribution in [2.75, 3.05) is 23.0 Å². The van der Waals surface area contributed by atoms with Gasteiger partial charge in [-0.15, -0.1) is 0 Å². The lowest BCUT2D eigenvalue weighted by molar-refractivity contribution is -0.119. The van der Waals surface area contributed by atoms with Crippen LogP contribution in [-0.2, 0) is 19.6 Å². The number of nitrogens with zero attached hydrogens (tertiary/aromatic N) is 1. The molecule has 6 N–H and O–H groups in total. The van der Waals surface area contributed by atoms with Crippen molar-refractivity contribution in [3.63, 3.8) is 0 Å². The Morgan fingerprint density at radius 1 is 1.31 bits per heavy atom. The molecule has 1 aromatic heterocycles. The summed E-state index contributed by atoms with van der Waals surface area (Å²) < 4.78 is 39.1. The zero-order valence-electron chi connectivity index (χ0n) is 19.1. The van der Waals surface area contributed by atoms with E-state index in [1.807, 2.05) is 0 Å². The summed E-state index contributed by atoms with van der Waals surface area (Å²) in [6.45, 7) is 2.94. The maximum atomic E-state index is 13.1. The van der Waals surface area contributed by atoms with Gasteiger partial charge in [-0.1, -0.05) is 0 Å². The molecule has 1 aromatic carbocycles. The third-order valence-corrected chi connectivity index (χ3v) is 6.46. The van der Waals surface area contributed by atoms with Crippen LogP contribution in [0, 0.1) is 12.3 Å². The molecule has 1 aliphatic heterocycles. The number of aldehydes is 1. The number of ether oxygens (including phenoxy) is 2. The van der Waals surface area contributed by atoms with Crippen LogP contribution in [0.1, 0.15) is 25.5 Å². The monoisotopic (exact) mass is 506 g/mol. The summed E-state index contributed by atoms with van der Waals surface area (Å²) in [4.78, 5) is 40.7. The van der Waals surface area contributed by atoms with Crippen molar-refractivity contribution in [1.29, 1.82) is 5.41 Å². The molecule has 2 heterocycles. The van der Waals surface area contributed by atoms with Gasteiger partial charge in [0.1, 0.15) is 12.0 Å². The number of carbonyl (C=O) groups is 2. The highest BCUT2D eigenvalue weighted by Gasteiger charge is 2.29. The van der Waals surface area contributed by atoms with Crippen molar-refractivity contribution in [1.82, 2.24) is 10.3 Å². The molecule has 0 saturated carbocycles. The Morgan fingerprint density at radius 2 is 2.03 bits per heavy atom. The molecule has 0 fully saturated rings. The number of guanidine groups is 1. The Labute approximate surface area is 201 Å². The highest BCUT2D eigenvalue weighted by atomic mass is 32.2. The number of aryl methyl sites for hydroxylation is 1. The molecule has 0 spiro atoms. The number of amides is 1. The molecule has 0 radical (unpaired) electrons. The van der Waals surface area contributed by atoms with Crippen molar-refractivity contribution in [2.45, 2.75) is 37.6 Å². The average molecular weight is 507 g/mol. The molecule has 35 heavy (non-hydrogen) atoms. The first-order chi connectivity index (χ1) is 16.5. The van der Waals surface area contributed by atoms with Gasteiger partial charge in [0.2, 0.25) is 12.7 Å². The third kappa shape index (κ3) is 5.90. The highest BCUT2D eigenvalue weighted by molar-refractivity contribution is 7.92. The van der Waals surface area contributed by atoms with Crippen LogP contribution in [0.3, 0.4) is 0 Å². The second kappa shape index (κ2) is 10.5. The minimum absolute atomic E-state index is 0.0355. The van der Waals surface area contributed by atoms with Crippen LogP contribution < -0.4 is 35.7 Å². The van der Waals surface area contributed by atoms with Gasteiger partial charge >= 0.3 is 0 Å². The van der Waals surface area contributed by atoms with Crippen molar-refractivity contribution >= 4 is 39.6 Å². The maximum Gasteiger partial charge on any atom is 0.274 e. The summed E-state index contributed by atoms with van der Waals surface area (Å²) in [6, 6.07) is 4.33. The number of anilines is 2. The Kier molecular flexibility index (Phi) is 7.64. The normalized spacial score (nSPS) is 13.1. The van der Waals surface area contributed by atoms with Gasteiger partial charge < -0.3 is 30.3 Å². The number of benzene rings is 1. The van der Waals surface area contributed by atoms with E-state index in [0.717, 1.165) is 4.90 Å². The summed E-state index contributed by atoms with van der Waals surface area (Å²) in [5.41, 5.74) is 4.33. The fourth-order valence-corrected chi connectivity index (χ4v) is 4.67.